The molecule has 1 unspecified atom stereocenters. The lowest BCUT2D eigenvalue weighted by atomic mass is 9.97. The van der Waals surface area contributed by atoms with E-state index in [9.17, 15) is 18.0 Å². The van der Waals surface area contributed by atoms with Gasteiger partial charge in [-0.2, -0.15) is 13.2 Å². The number of ether oxygens (including phenoxy) is 1. The van der Waals surface area contributed by atoms with Gasteiger partial charge in [0.05, 0.1) is 18.2 Å². The number of halogens is 3. The molecule has 0 saturated carbocycles. The van der Waals surface area contributed by atoms with Crippen molar-refractivity contribution >= 4 is 17.2 Å². The average Bonchev–Trinajstić information content (AvgIpc) is 3.28. The van der Waals surface area contributed by atoms with Crippen LogP contribution in [0.2, 0.25) is 0 Å². The summed E-state index contributed by atoms with van der Waals surface area (Å²) in [4.78, 5) is 14.4. The highest BCUT2D eigenvalue weighted by molar-refractivity contribution is 7.14. The SMILES string of the molecule is COc1ccc(-c2nnc(C3CCCN(C(=O)c4ccccc4C(F)(F)F)C3)s2)cc1. The number of rotatable bonds is 4. The predicted molar refractivity (Wildman–Crippen MR) is 111 cm³/mol. The summed E-state index contributed by atoms with van der Waals surface area (Å²) in [6, 6.07) is 12.4. The highest BCUT2D eigenvalue weighted by Crippen LogP contribution is 2.35. The first-order valence-electron chi connectivity index (χ1n) is 9.80. The van der Waals surface area contributed by atoms with Crippen LogP contribution in [-0.2, 0) is 6.18 Å². The largest absolute Gasteiger partial charge is 0.497 e. The Morgan fingerprint density at radius 3 is 2.58 bits per heavy atom. The van der Waals surface area contributed by atoms with E-state index >= 15 is 0 Å². The van der Waals surface area contributed by atoms with E-state index in [1.165, 1.54) is 34.4 Å². The fourth-order valence-electron chi connectivity index (χ4n) is 3.70. The molecule has 1 saturated heterocycles. The van der Waals surface area contributed by atoms with Crippen molar-refractivity contribution in [3.05, 3.63) is 64.7 Å². The van der Waals surface area contributed by atoms with E-state index in [4.69, 9.17) is 4.74 Å². The lowest BCUT2D eigenvalue weighted by Gasteiger charge is -2.32. The molecule has 2 aromatic carbocycles. The van der Waals surface area contributed by atoms with Crippen LogP contribution >= 0.6 is 11.3 Å². The number of nitrogens with zero attached hydrogens (tertiary/aromatic N) is 3. The average molecular weight is 447 g/mol. The number of carbonyl (C=O) groups excluding carboxylic acids is 1. The molecule has 1 aliphatic heterocycles. The van der Waals surface area contributed by atoms with E-state index < -0.39 is 17.6 Å². The van der Waals surface area contributed by atoms with E-state index in [0.717, 1.165) is 33.8 Å². The number of likely N-dealkylation sites (tertiary alicyclic amines) is 1. The second-order valence-corrected chi connectivity index (χ2v) is 8.32. The van der Waals surface area contributed by atoms with E-state index in [2.05, 4.69) is 10.2 Å². The molecular formula is C22H20F3N3O2S. The Morgan fingerprint density at radius 1 is 1.13 bits per heavy atom. The van der Waals surface area contributed by atoms with Crippen LogP contribution in [0, 0.1) is 0 Å². The third kappa shape index (κ3) is 4.56. The zero-order valence-corrected chi connectivity index (χ0v) is 17.5. The van der Waals surface area contributed by atoms with Crippen molar-refractivity contribution in [2.24, 2.45) is 0 Å². The van der Waals surface area contributed by atoms with Gasteiger partial charge in [-0.15, -0.1) is 10.2 Å². The Balaban J connectivity index is 1.52. The third-order valence-electron chi connectivity index (χ3n) is 5.30. The number of benzene rings is 2. The second kappa shape index (κ2) is 8.66. The van der Waals surface area contributed by atoms with Crippen molar-refractivity contribution in [3.8, 4) is 16.3 Å². The molecule has 2 heterocycles. The monoisotopic (exact) mass is 447 g/mol. The van der Waals surface area contributed by atoms with Gasteiger partial charge in [0.25, 0.3) is 5.91 Å². The van der Waals surface area contributed by atoms with Crippen LogP contribution in [-0.4, -0.2) is 41.2 Å². The molecule has 1 amide bonds. The maximum absolute atomic E-state index is 13.3. The Hall–Kier alpha value is -2.94. The zero-order valence-electron chi connectivity index (χ0n) is 16.7. The number of carbonyl (C=O) groups is 1. The molecule has 0 N–H and O–H groups in total. The molecule has 5 nitrogen and oxygen atoms in total. The first-order chi connectivity index (χ1) is 14.9. The number of hydrogen-bond acceptors (Lipinski definition) is 5. The summed E-state index contributed by atoms with van der Waals surface area (Å²) in [6.45, 7) is 0.744. The Kier molecular flexibility index (Phi) is 5.95. The minimum absolute atomic E-state index is 0.0553. The van der Waals surface area contributed by atoms with Crippen LogP contribution in [0.3, 0.4) is 0 Å². The minimum Gasteiger partial charge on any atom is -0.497 e. The first kappa shape index (κ1) is 21.3. The van der Waals surface area contributed by atoms with Crippen LogP contribution in [0.5, 0.6) is 5.75 Å². The van der Waals surface area contributed by atoms with Gasteiger partial charge in [0.1, 0.15) is 15.8 Å². The molecule has 1 fully saturated rings. The second-order valence-electron chi connectivity index (χ2n) is 7.31. The minimum atomic E-state index is -4.58. The number of amides is 1. The molecule has 1 aromatic heterocycles. The summed E-state index contributed by atoms with van der Waals surface area (Å²) in [5.41, 5.74) is -0.306. The zero-order chi connectivity index (χ0) is 22.0. The quantitative estimate of drug-likeness (QED) is 0.548. The summed E-state index contributed by atoms with van der Waals surface area (Å²) in [7, 11) is 1.60. The number of hydrogen-bond donors (Lipinski definition) is 0. The normalized spacial score (nSPS) is 16.9. The molecule has 0 aliphatic carbocycles. The molecule has 162 valence electrons. The molecule has 31 heavy (non-hydrogen) atoms. The molecule has 0 bridgehead atoms. The molecule has 4 rings (SSSR count). The van der Waals surface area contributed by atoms with Crippen molar-refractivity contribution in [1.29, 1.82) is 0 Å². The first-order valence-corrected chi connectivity index (χ1v) is 10.6. The van der Waals surface area contributed by atoms with Crippen molar-refractivity contribution in [2.45, 2.75) is 24.9 Å². The maximum atomic E-state index is 13.3. The van der Waals surface area contributed by atoms with E-state index in [1.807, 2.05) is 24.3 Å². The summed E-state index contributed by atoms with van der Waals surface area (Å²) >= 11 is 1.44. The smallest absolute Gasteiger partial charge is 0.417 e. The van der Waals surface area contributed by atoms with Gasteiger partial charge in [0.2, 0.25) is 0 Å². The van der Waals surface area contributed by atoms with Gasteiger partial charge in [0, 0.05) is 24.6 Å². The maximum Gasteiger partial charge on any atom is 0.417 e. The van der Waals surface area contributed by atoms with Crippen molar-refractivity contribution in [2.75, 3.05) is 20.2 Å². The highest BCUT2D eigenvalue weighted by atomic mass is 32.1. The number of methoxy groups -OCH3 is 1. The summed E-state index contributed by atoms with van der Waals surface area (Å²) in [6.07, 6.45) is -3.07. The van der Waals surface area contributed by atoms with Crippen LogP contribution < -0.4 is 4.74 Å². The number of aromatic nitrogens is 2. The van der Waals surface area contributed by atoms with Gasteiger partial charge in [-0.1, -0.05) is 23.5 Å². The van der Waals surface area contributed by atoms with Crippen LogP contribution in [0.25, 0.3) is 10.6 Å². The van der Waals surface area contributed by atoms with Gasteiger partial charge < -0.3 is 9.64 Å². The van der Waals surface area contributed by atoms with Crippen LogP contribution in [0.1, 0.15) is 39.7 Å². The predicted octanol–water partition coefficient (Wildman–Crippen LogP) is 5.25. The summed E-state index contributed by atoms with van der Waals surface area (Å²) in [5.74, 6) is 0.0897. The molecule has 9 heteroatoms. The topological polar surface area (TPSA) is 55.3 Å². The molecule has 3 aromatic rings. The van der Waals surface area contributed by atoms with Crippen molar-refractivity contribution in [1.82, 2.24) is 15.1 Å². The highest BCUT2D eigenvalue weighted by Gasteiger charge is 2.37. The lowest BCUT2D eigenvalue weighted by molar-refractivity contribution is -0.138. The van der Waals surface area contributed by atoms with Gasteiger partial charge in [-0.05, 0) is 49.2 Å². The standard InChI is InChI=1S/C22H20F3N3O2S/c1-30-16-10-8-14(9-11-16)19-26-27-20(31-19)15-5-4-12-28(13-15)21(29)17-6-2-3-7-18(17)22(23,24)25/h2-3,6-11,15H,4-5,12-13H2,1H3. The van der Waals surface area contributed by atoms with Crippen LogP contribution in [0.4, 0.5) is 13.2 Å². The molecule has 0 radical (unpaired) electrons. The third-order valence-corrected chi connectivity index (χ3v) is 6.43. The summed E-state index contributed by atoms with van der Waals surface area (Å²) in [5, 5.41) is 10.1. The van der Waals surface area contributed by atoms with Crippen LogP contribution in [0.15, 0.2) is 48.5 Å². The van der Waals surface area contributed by atoms with Gasteiger partial charge in [-0.3, -0.25) is 4.79 Å². The van der Waals surface area contributed by atoms with Gasteiger partial charge in [0.15, 0.2) is 0 Å². The Bertz CT molecular complexity index is 1070. The Morgan fingerprint density at radius 2 is 1.87 bits per heavy atom. The summed E-state index contributed by atoms with van der Waals surface area (Å²) < 4.78 is 45.2. The Labute approximate surface area is 181 Å². The molecule has 1 atom stereocenters. The van der Waals surface area contributed by atoms with E-state index in [1.54, 1.807) is 7.11 Å². The molecular weight excluding hydrogens is 427 g/mol. The van der Waals surface area contributed by atoms with Crippen molar-refractivity contribution < 1.29 is 22.7 Å². The number of piperidine rings is 1. The van der Waals surface area contributed by atoms with Crippen molar-refractivity contribution in [3.63, 3.8) is 0 Å². The van der Waals surface area contributed by atoms with E-state index in [0.29, 0.717) is 19.5 Å². The van der Waals surface area contributed by atoms with Gasteiger partial charge >= 0.3 is 6.18 Å². The fourth-order valence-corrected chi connectivity index (χ4v) is 4.67. The number of alkyl halides is 3. The molecule has 1 aliphatic rings. The molecule has 0 spiro atoms. The lowest BCUT2D eigenvalue weighted by Crippen LogP contribution is -2.39. The van der Waals surface area contributed by atoms with Gasteiger partial charge in [-0.25, -0.2) is 0 Å². The fraction of sp³-hybridized carbons (Fsp3) is 0.318. The van der Waals surface area contributed by atoms with E-state index in [-0.39, 0.29) is 11.5 Å².